The second-order valence-electron chi connectivity index (χ2n) is 3.44. The predicted molar refractivity (Wildman–Crippen MR) is 63.0 cm³/mol. The van der Waals surface area contributed by atoms with Gasteiger partial charge in [-0.25, -0.2) is 4.79 Å². The van der Waals surface area contributed by atoms with Crippen molar-refractivity contribution < 1.29 is 14.7 Å². The molecule has 2 rings (SSSR count). The fourth-order valence-electron chi connectivity index (χ4n) is 1.53. The fraction of sp³-hybridized carbons (Fsp3) is 0.0909. The Morgan fingerprint density at radius 1 is 1.38 bits per heavy atom. The molecule has 0 aliphatic carbocycles. The first-order chi connectivity index (χ1) is 7.50. The molecule has 0 amide bonds. The van der Waals surface area contributed by atoms with Crippen LogP contribution in [-0.4, -0.2) is 21.8 Å². The Balaban J connectivity index is 2.73. The number of aromatic carboxylic acids is 1. The summed E-state index contributed by atoms with van der Waals surface area (Å²) >= 11 is 3.21. The lowest BCUT2D eigenvalue weighted by Crippen LogP contribution is -1.96. The van der Waals surface area contributed by atoms with Crippen LogP contribution < -0.4 is 0 Å². The number of hydrogen-bond acceptors (Lipinski definition) is 2. The van der Waals surface area contributed by atoms with Gasteiger partial charge in [-0.05, 0) is 41.1 Å². The van der Waals surface area contributed by atoms with E-state index in [1.165, 1.54) is 6.92 Å². The molecule has 0 saturated carbocycles. The number of rotatable bonds is 2. The summed E-state index contributed by atoms with van der Waals surface area (Å²) in [5, 5.41) is 9.62. The maximum absolute atomic E-state index is 11.2. The average molecular weight is 282 g/mol. The van der Waals surface area contributed by atoms with Gasteiger partial charge in [-0.15, -0.1) is 0 Å². The van der Waals surface area contributed by atoms with Crippen molar-refractivity contribution >= 4 is 38.6 Å². The minimum Gasteiger partial charge on any atom is -0.477 e. The van der Waals surface area contributed by atoms with E-state index in [9.17, 15) is 9.59 Å². The molecule has 0 aliphatic heterocycles. The third-order valence-corrected chi connectivity index (χ3v) is 3.18. The van der Waals surface area contributed by atoms with Crippen molar-refractivity contribution in [3.63, 3.8) is 0 Å². The maximum Gasteiger partial charge on any atom is 0.353 e. The summed E-state index contributed by atoms with van der Waals surface area (Å²) in [7, 11) is 0. The number of H-pyrrole nitrogens is 1. The Hall–Kier alpha value is -1.62. The van der Waals surface area contributed by atoms with Crippen molar-refractivity contribution in [2.75, 3.05) is 0 Å². The van der Waals surface area contributed by atoms with Gasteiger partial charge >= 0.3 is 5.97 Å². The number of ketones is 1. The van der Waals surface area contributed by atoms with Gasteiger partial charge in [-0.2, -0.15) is 0 Å². The Morgan fingerprint density at radius 3 is 2.62 bits per heavy atom. The first-order valence-electron chi connectivity index (χ1n) is 4.56. The first kappa shape index (κ1) is 10.9. The van der Waals surface area contributed by atoms with Crippen molar-refractivity contribution in [2.24, 2.45) is 0 Å². The number of fused-ring (bicyclic) bond motifs is 1. The molecule has 1 heterocycles. The quantitative estimate of drug-likeness (QED) is 0.832. The van der Waals surface area contributed by atoms with Crippen LogP contribution in [0.5, 0.6) is 0 Å². The van der Waals surface area contributed by atoms with Crippen LogP contribution in [0.2, 0.25) is 0 Å². The van der Waals surface area contributed by atoms with E-state index in [-0.39, 0.29) is 11.5 Å². The van der Waals surface area contributed by atoms with Crippen LogP contribution >= 0.6 is 15.9 Å². The summed E-state index contributed by atoms with van der Waals surface area (Å²) in [4.78, 5) is 24.9. The maximum atomic E-state index is 11.2. The molecule has 1 aromatic carbocycles. The molecule has 0 saturated heterocycles. The molecule has 0 aliphatic rings. The highest BCUT2D eigenvalue weighted by Crippen LogP contribution is 2.28. The molecule has 2 aromatic rings. The van der Waals surface area contributed by atoms with Crippen LogP contribution in [0.1, 0.15) is 27.8 Å². The van der Waals surface area contributed by atoms with E-state index in [2.05, 4.69) is 20.9 Å². The molecule has 16 heavy (non-hydrogen) atoms. The van der Waals surface area contributed by atoms with Gasteiger partial charge in [0.05, 0.1) is 4.47 Å². The third kappa shape index (κ3) is 1.63. The van der Waals surface area contributed by atoms with Crippen LogP contribution in [0.3, 0.4) is 0 Å². The van der Waals surface area contributed by atoms with Crippen LogP contribution in [0, 0.1) is 0 Å². The highest BCUT2D eigenvalue weighted by atomic mass is 79.9. The first-order valence-corrected chi connectivity index (χ1v) is 5.35. The number of carbonyl (C=O) groups is 2. The summed E-state index contributed by atoms with van der Waals surface area (Å²) in [5.41, 5.74) is 1.34. The van der Waals surface area contributed by atoms with Crippen molar-refractivity contribution in [3.05, 3.63) is 33.9 Å². The monoisotopic (exact) mass is 281 g/mol. The molecule has 0 fully saturated rings. The highest BCUT2D eigenvalue weighted by molar-refractivity contribution is 9.10. The zero-order valence-electron chi connectivity index (χ0n) is 8.37. The van der Waals surface area contributed by atoms with Crippen molar-refractivity contribution in [1.82, 2.24) is 4.98 Å². The van der Waals surface area contributed by atoms with Crippen LogP contribution in [0.25, 0.3) is 10.9 Å². The zero-order chi connectivity index (χ0) is 11.9. The standard InChI is InChI=1S/C11H8BrNO3/c1-5(14)6-2-3-8-7(4-6)9(12)10(13-8)11(15)16/h2-4,13H,1H3,(H,15,16). The fourth-order valence-corrected chi connectivity index (χ4v) is 2.12. The second kappa shape index (κ2) is 3.75. The second-order valence-corrected chi connectivity index (χ2v) is 4.23. The lowest BCUT2D eigenvalue weighted by Gasteiger charge is -1.95. The number of carboxylic acid groups (broad SMARTS) is 1. The number of hydrogen-bond donors (Lipinski definition) is 2. The van der Waals surface area contributed by atoms with Gasteiger partial charge in [-0.1, -0.05) is 0 Å². The van der Waals surface area contributed by atoms with E-state index in [1.807, 2.05) is 0 Å². The highest BCUT2D eigenvalue weighted by Gasteiger charge is 2.15. The van der Waals surface area contributed by atoms with Crippen molar-refractivity contribution in [1.29, 1.82) is 0 Å². The largest absolute Gasteiger partial charge is 0.477 e. The van der Waals surface area contributed by atoms with Gasteiger partial charge in [0.1, 0.15) is 5.69 Å². The minimum atomic E-state index is -1.03. The number of carbonyl (C=O) groups excluding carboxylic acids is 1. The number of Topliss-reactive ketones (excluding diaryl/α,β-unsaturated/α-hetero) is 1. The Morgan fingerprint density at radius 2 is 2.06 bits per heavy atom. The summed E-state index contributed by atoms with van der Waals surface area (Å²) in [6.07, 6.45) is 0. The van der Waals surface area contributed by atoms with Gasteiger partial charge in [0, 0.05) is 16.5 Å². The number of benzene rings is 1. The average Bonchev–Trinajstić information content (AvgIpc) is 2.56. The number of aromatic nitrogens is 1. The van der Waals surface area contributed by atoms with Gasteiger partial charge < -0.3 is 10.1 Å². The number of aromatic amines is 1. The van der Waals surface area contributed by atoms with E-state index < -0.39 is 5.97 Å². The van der Waals surface area contributed by atoms with Gasteiger partial charge in [0.2, 0.25) is 0 Å². The molecular formula is C11H8BrNO3. The summed E-state index contributed by atoms with van der Waals surface area (Å²) in [6, 6.07) is 5.03. The van der Waals surface area contributed by atoms with E-state index in [0.29, 0.717) is 20.9 Å². The summed E-state index contributed by atoms with van der Waals surface area (Å²) in [6.45, 7) is 1.47. The molecule has 0 spiro atoms. The molecule has 0 bridgehead atoms. The Labute approximate surface area is 99.4 Å². The topological polar surface area (TPSA) is 70.2 Å². The lowest BCUT2D eigenvalue weighted by molar-refractivity contribution is 0.0690. The Kier molecular flexibility index (Phi) is 2.55. The third-order valence-electron chi connectivity index (χ3n) is 2.36. The van der Waals surface area contributed by atoms with Crippen LogP contribution in [0.4, 0.5) is 0 Å². The summed E-state index contributed by atoms with van der Waals surface area (Å²) in [5.74, 6) is -1.08. The molecule has 2 N–H and O–H groups in total. The molecule has 5 heteroatoms. The molecule has 1 aromatic heterocycles. The molecular weight excluding hydrogens is 274 g/mol. The van der Waals surface area contributed by atoms with Crippen LogP contribution in [-0.2, 0) is 0 Å². The predicted octanol–water partition coefficient (Wildman–Crippen LogP) is 2.83. The lowest BCUT2D eigenvalue weighted by atomic mass is 10.1. The molecule has 0 unspecified atom stereocenters. The molecule has 0 radical (unpaired) electrons. The molecule has 0 atom stereocenters. The van der Waals surface area contributed by atoms with Gasteiger partial charge in [0.15, 0.2) is 5.78 Å². The van der Waals surface area contributed by atoms with Crippen molar-refractivity contribution in [2.45, 2.75) is 6.92 Å². The molecule has 4 nitrogen and oxygen atoms in total. The number of nitrogens with one attached hydrogen (secondary N) is 1. The molecule has 82 valence electrons. The summed E-state index contributed by atoms with van der Waals surface area (Å²) < 4.78 is 0.470. The van der Waals surface area contributed by atoms with E-state index in [0.717, 1.165) is 0 Å². The smallest absolute Gasteiger partial charge is 0.353 e. The number of halogens is 1. The Bertz CT molecular complexity index is 601. The van der Waals surface area contributed by atoms with Crippen LogP contribution in [0.15, 0.2) is 22.7 Å². The normalized spacial score (nSPS) is 10.6. The SMILES string of the molecule is CC(=O)c1ccc2[nH]c(C(=O)O)c(Br)c2c1. The van der Waals surface area contributed by atoms with E-state index in [1.54, 1.807) is 18.2 Å². The minimum absolute atomic E-state index is 0.0492. The van der Waals surface area contributed by atoms with E-state index >= 15 is 0 Å². The zero-order valence-corrected chi connectivity index (χ0v) is 9.96. The van der Waals surface area contributed by atoms with E-state index in [4.69, 9.17) is 5.11 Å². The number of carboxylic acids is 1. The van der Waals surface area contributed by atoms with Gasteiger partial charge in [-0.3, -0.25) is 4.79 Å². The van der Waals surface area contributed by atoms with Crippen molar-refractivity contribution in [3.8, 4) is 0 Å². The van der Waals surface area contributed by atoms with Gasteiger partial charge in [0.25, 0.3) is 0 Å².